The van der Waals surface area contributed by atoms with Gasteiger partial charge in [-0.25, -0.2) is 13.0 Å². The number of fused-ring (bicyclic) bond motifs is 2. The maximum atomic E-state index is 14.1. The molecule has 1 amide bonds. The molecule has 1 fully saturated rings. The topological polar surface area (TPSA) is 77.1 Å². The van der Waals surface area contributed by atoms with Crippen molar-refractivity contribution >= 4 is 55.2 Å². The van der Waals surface area contributed by atoms with Gasteiger partial charge in [-0.2, -0.15) is 4.31 Å². The average molecular weight is 671 g/mol. The highest BCUT2D eigenvalue weighted by Gasteiger charge is 2.32. The third-order valence-corrected chi connectivity index (χ3v) is 9.81. The van der Waals surface area contributed by atoms with Gasteiger partial charge in [-0.1, -0.05) is 40.8 Å². The molecule has 2 aromatic carbocycles. The van der Waals surface area contributed by atoms with Gasteiger partial charge in [0.25, 0.3) is 0 Å². The molecule has 5 rings (SSSR count). The zero-order valence-electron chi connectivity index (χ0n) is 22.5. The van der Waals surface area contributed by atoms with Crippen molar-refractivity contribution in [2.45, 2.75) is 4.90 Å². The van der Waals surface area contributed by atoms with Gasteiger partial charge in [-0.15, -0.1) is 0 Å². The maximum absolute atomic E-state index is 14.1. The van der Waals surface area contributed by atoms with Gasteiger partial charge in [-0.05, 0) is 24.3 Å². The SMILES string of the molecule is CN(C)[13c]1[13cH][13cH][13c]2c(-c3ccccc3S(=O)(=O)N3CCN(C(=O)CI)CC3)[13c]3[13cH][13cH][13c](=[N+](C)C)[13cH][13c]-3o[13c]2[13cH]1. The van der Waals surface area contributed by atoms with Gasteiger partial charge in [0, 0.05) is 80.2 Å². The molecule has 204 valence electrons. The minimum atomic E-state index is -3.83. The van der Waals surface area contributed by atoms with Gasteiger partial charge >= 0.3 is 0 Å². The van der Waals surface area contributed by atoms with Gasteiger partial charge < -0.3 is 14.2 Å². The van der Waals surface area contributed by atoms with Crippen LogP contribution < -0.4 is 14.8 Å². The first-order valence-electron chi connectivity index (χ1n) is 12.7. The monoisotopic (exact) mass is 671 g/mol. The summed E-state index contributed by atoms with van der Waals surface area (Å²) in [6.07, 6.45) is 0. The van der Waals surface area contributed by atoms with Crippen molar-refractivity contribution in [2.24, 2.45) is 0 Å². The van der Waals surface area contributed by atoms with E-state index in [1.54, 1.807) is 17.0 Å². The average Bonchev–Trinajstić information content (AvgIpc) is 2.94. The molecule has 0 radical (unpaired) electrons. The van der Waals surface area contributed by atoms with Crippen molar-refractivity contribution < 1.29 is 17.6 Å². The van der Waals surface area contributed by atoms with Crippen LogP contribution in [0, 0.1) is 0 Å². The first-order chi connectivity index (χ1) is 18.6. The van der Waals surface area contributed by atoms with Crippen LogP contribution in [0.2, 0.25) is 0 Å². The number of carbonyl (C=O) groups is 1. The molecule has 1 saturated heterocycles. The lowest BCUT2D eigenvalue weighted by molar-refractivity contribution is -0.129. The number of halogens is 1. The highest BCUT2D eigenvalue weighted by atomic mass is 127. The van der Waals surface area contributed by atoms with Crippen molar-refractivity contribution in [1.29, 1.82) is 0 Å². The largest absolute Gasteiger partial charge is 0.456 e. The fourth-order valence-electron chi connectivity index (χ4n) is 5.01. The number of piperazine rings is 1. The molecule has 0 saturated carbocycles. The normalized spacial score (nSPS) is 14.6. The lowest BCUT2D eigenvalue weighted by Gasteiger charge is -2.34. The molecule has 39 heavy (non-hydrogen) atoms. The Morgan fingerprint density at radius 2 is 1.69 bits per heavy atom. The molecule has 3 aliphatic rings. The van der Waals surface area contributed by atoms with Crippen LogP contribution >= 0.6 is 22.6 Å². The van der Waals surface area contributed by atoms with E-state index in [1.165, 1.54) is 4.31 Å². The molecule has 0 spiro atoms. The minimum absolute atomic E-state index is 0.0354. The predicted octanol–water partition coefficient (Wildman–Crippen LogP) is 3.57. The summed E-state index contributed by atoms with van der Waals surface area (Å²) in [6, 6.07) is 19.2. The summed E-state index contributed by atoms with van der Waals surface area (Å²) in [6.45, 7) is 1.31. The van der Waals surface area contributed by atoms with Crippen molar-refractivity contribution in [2.75, 3.05) is 63.7 Å². The third-order valence-electron chi connectivity index (χ3n) is 7.20. The number of sulfonamides is 1. The zero-order chi connectivity index (χ0) is 27.9. The summed E-state index contributed by atoms with van der Waals surface area (Å²) < 4.78 is 38.5. The fraction of sp³-hybridized carbons (Fsp3) is 0.310. The quantitative estimate of drug-likeness (QED) is 0.141. The summed E-state index contributed by atoms with van der Waals surface area (Å²) in [5, 5.41) is 1.82. The standard InChI is InChI=1S/C29H32IN4O4S/c1-31(2)20-9-11-22-25(17-20)38-26-18-21(32(3)4)10-12-23(26)29(22)24-7-5-6-8-27(24)39(36,37)34-15-13-33(14-16-34)28(35)19-30/h5-12,17-18H,13-16,19H2,1-4H3/q+1/i9+1,10+1,11+1,12+1,17+1,18+1,20+1,21+1,22+1,23+1,25+1,26+1. The third kappa shape index (κ3) is 5.17. The number of amides is 1. The van der Waals surface area contributed by atoms with Crippen molar-refractivity contribution in [3.8, 4) is 22.5 Å². The molecule has 0 bridgehead atoms. The van der Waals surface area contributed by atoms with Crippen molar-refractivity contribution in [3.05, 3.63) is 66.0 Å². The van der Waals surface area contributed by atoms with Crippen LogP contribution in [-0.4, -0.2) is 82.3 Å². The van der Waals surface area contributed by atoms with Crippen molar-refractivity contribution in [3.63, 3.8) is 0 Å². The Kier molecular flexibility index (Phi) is 7.71. The fourth-order valence-corrected chi connectivity index (χ4v) is 7.12. The summed E-state index contributed by atoms with van der Waals surface area (Å²) in [5.74, 6) is 0.714. The van der Waals surface area contributed by atoms with Crippen LogP contribution in [0.3, 0.4) is 0 Å². The number of alkyl halides is 1. The molecule has 2 aromatic rings. The Bertz CT molecular complexity index is 1700. The number of carbonyl (C=O) groups excluding carboxylic acids is 1. The molecular formula is C29H32IN4O4S+. The van der Waals surface area contributed by atoms with Crippen LogP contribution in [-0.2, 0) is 14.8 Å². The molecule has 10 heteroatoms. The maximum Gasteiger partial charge on any atom is 0.243 e. The zero-order valence-corrected chi connectivity index (χ0v) is 25.5. The van der Waals surface area contributed by atoms with Gasteiger partial charge in [0.15, 0.2) is 0 Å². The second-order valence-corrected chi connectivity index (χ2v) is 12.7. The van der Waals surface area contributed by atoms with Crippen LogP contribution in [0.15, 0.2) is 70.0 Å². The van der Waals surface area contributed by atoms with Crippen molar-refractivity contribution in [1.82, 2.24) is 13.8 Å². The smallest absolute Gasteiger partial charge is 0.243 e. The van der Waals surface area contributed by atoms with Crippen LogP contribution in [0.25, 0.3) is 33.4 Å². The summed E-state index contributed by atoms with van der Waals surface area (Å²) >= 11 is 2.05. The Hall–Kier alpha value is -2.96. The number of hydrogen-bond acceptors (Lipinski definition) is 5. The van der Waals surface area contributed by atoms with E-state index < -0.39 is 10.0 Å². The highest BCUT2D eigenvalue weighted by molar-refractivity contribution is 14.1. The summed E-state index contributed by atoms with van der Waals surface area (Å²) in [4.78, 5) is 16.1. The number of nitrogens with zero attached hydrogens (tertiary/aromatic N) is 4. The van der Waals surface area contributed by atoms with Gasteiger partial charge in [-0.3, -0.25) is 4.79 Å². The summed E-state index contributed by atoms with van der Waals surface area (Å²) in [5.41, 5.74) is 3.95. The van der Waals surface area contributed by atoms with Gasteiger partial charge in [0.1, 0.15) is 25.4 Å². The highest BCUT2D eigenvalue weighted by Crippen LogP contribution is 2.43. The molecule has 8 nitrogen and oxygen atoms in total. The Morgan fingerprint density at radius 3 is 2.36 bits per heavy atom. The summed E-state index contributed by atoms with van der Waals surface area (Å²) in [7, 11) is 4.07. The second-order valence-electron chi connectivity index (χ2n) is 10.0. The lowest BCUT2D eigenvalue weighted by Crippen LogP contribution is -2.50. The van der Waals surface area contributed by atoms with Crippen LogP contribution in [0.4, 0.5) is 5.69 Å². The van der Waals surface area contributed by atoms with Gasteiger partial charge in [0.2, 0.25) is 21.3 Å². The molecule has 2 heterocycles. The number of benzene rings is 3. The Morgan fingerprint density at radius 1 is 0.974 bits per heavy atom. The molecular weight excluding hydrogens is 639 g/mol. The van der Waals surface area contributed by atoms with E-state index >= 15 is 0 Å². The van der Waals surface area contributed by atoms with Crippen LogP contribution in [0.5, 0.6) is 0 Å². The molecule has 0 atom stereocenters. The Labute approximate surface area is 242 Å². The van der Waals surface area contributed by atoms with Crippen LogP contribution in [0.1, 0.15) is 0 Å². The van der Waals surface area contributed by atoms with E-state index in [9.17, 15) is 13.2 Å². The van der Waals surface area contributed by atoms with E-state index in [4.69, 9.17) is 4.42 Å². The van der Waals surface area contributed by atoms with E-state index in [1.807, 2.05) is 109 Å². The van der Waals surface area contributed by atoms with E-state index in [0.29, 0.717) is 34.4 Å². The number of anilines is 1. The molecule has 0 aromatic heterocycles. The van der Waals surface area contributed by atoms with E-state index in [0.717, 1.165) is 27.6 Å². The minimum Gasteiger partial charge on any atom is -0.456 e. The Balaban J connectivity index is 1.72. The number of rotatable bonds is 5. The molecule has 1 aliphatic carbocycles. The molecule has 0 N–H and O–H groups in total. The second kappa shape index (κ2) is 10.9. The van der Waals surface area contributed by atoms with E-state index in [-0.39, 0.29) is 23.9 Å². The van der Waals surface area contributed by atoms with Gasteiger partial charge in [0.05, 0.1) is 15.4 Å². The first-order valence-corrected chi connectivity index (χ1v) is 15.7. The lowest BCUT2D eigenvalue weighted by atomic mass is 10.2. The first kappa shape index (κ1) is 27.6. The predicted molar refractivity (Wildman–Crippen MR) is 164 cm³/mol. The molecule has 2 aliphatic heterocycles. The van der Waals surface area contributed by atoms with E-state index in [2.05, 4.69) is 0 Å². The number of hydrogen-bond donors (Lipinski definition) is 0. The molecule has 0 unspecified atom stereocenters.